The van der Waals surface area contributed by atoms with Gasteiger partial charge in [-0.25, -0.2) is 9.97 Å². The van der Waals surface area contributed by atoms with Crippen molar-refractivity contribution in [1.82, 2.24) is 9.97 Å². The average Bonchev–Trinajstić information content (AvgIpc) is 2.68. The second-order valence-corrected chi connectivity index (χ2v) is 7.18. The maximum Gasteiger partial charge on any atom is 0.274 e. The van der Waals surface area contributed by atoms with Crippen LogP contribution in [0.3, 0.4) is 0 Å². The van der Waals surface area contributed by atoms with E-state index in [1.54, 1.807) is 37.3 Å². The van der Waals surface area contributed by atoms with Crippen LogP contribution < -0.4 is 10.6 Å². The highest BCUT2D eigenvalue weighted by Gasteiger charge is 2.12. The molecule has 6 nitrogen and oxygen atoms in total. The van der Waals surface area contributed by atoms with E-state index in [1.807, 2.05) is 12.1 Å². The molecule has 1 amide bonds. The van der Waals surface area contributed by atoms with Crippen molar-refractivity contribution in [1.29, 1.82) is 0 Å². The van der Waals surface area contributed by atoms with Crippen molar-refractivity contribution in [2.24, 2.45) is 0 Å². The van der Waals surface area contributed by atoms with Crippen LogP contribution >= 0.6 is 0 Å². The van der Waals surface area contributed by atoms with E-state index in [0.29, 0.717) is 28.8 Å². The second kappa shape index (κ2) is 8.65. The number of anilines is 3. The summed E-state index contributed by atoms with van der Waals surface area (Å²) >= 11 is 0. The lowest BCUT2D eigenvalue weighted by atomic mass is 10.0. The Bertz CT molecular complexity index is 1040. The molecule has 2 aromatic carbocycles. The fourth-order valence-electron chi connectivity index (χ4n) is 2.86. The summed E-state index contributed by atoms with van der Waals surface area (Å²) in [6.07, 6.45) is 0. The largest absolute Gasteiger partial charge is 0.340 e. The topological polar surface area (TPSA) is 84.0 Å². The fraction of sp³-hybridized carbons (Fsp3) is 0.217. The molecule has 1 heterocycles. The Morgan fingerprint density at radius 3 is 2.31 bits per heavy atom. The third-order valence-electron chi connectivity index (χ3n) is 4.45. The molecule has 0 spiro atoms. The summed E-state index contributed by atoms with van der Waals surface area (Å²) < 4.78 is 0. The quantitative estimate of drug-likeness (QED) is 0.574. The molecule has 2 N–H and O–H groups in total. The summed E-state index contributed by atoms with van der Waals surface area (Å²) in [6, 6.07) is 16.5. The van der Waals surface area contributed by atoms with E-state index < -0.39 is 0 Å². The molecule has 0 saturated heterocycles. The van der Waals surface area contributed by atoms with Crippen molar-refractivity contribution >= 4 is 28.9 Å². The lowest BCUT2D eigenvalue weighted by Gasteiger charge is -2.11. The standard InChI is InChI=1S/C23H24N4O2/c1-14(2)17-8-10-19(11-9-17)26-22-13-21(24-16(4)25-22)23(29)27-20-7-5-6-18(12-20)15(3)28/h5-14H,1-4H3,(H,27,29)(H,24,25,26). The Morgan fingerprint density at radius 1 is 0.931 bits per heavy atom. The van der Waals surface area contributed by atoms with Crippen LogP contribution in [0.2, 0.25) is 0 Å². The van der Waals surface area contributed by atoms with Crippen LogP contribution in [0.1, 0.15) is 58.9 Å². The molecule has 0 unspecified atom stereocenters. The number of carbonyl (C=O) groups is 2. The number of rotatable bonds is 6. The SMILES string of the molecule is CC(=O)c1cccc(NC(=O)c2cc(Nc3ccc(C(C)C)cc3)nc(C)n2)c1. The number of carbonyl (C=O) groups excluding carboxylic acids is 2. The van der Waals surface area contributed by atoms with Crippen molar-refractivity contribution in [3.05, 3.63) is 77.2 Å². The van der Waals surface area contributed by atoms with Gasteiger partial charge in [0.1, 0.15) is 17.3 Å². The Kier molecular flexibility index (Phi) is 6.02. The predicted molar refractivity (Wildman–Crippen MR) is 115 cm³/mol. The Hall–Kier alpha value is -3.54. The van der Waals surface area contributed by atoms with Crippen LogP contribution in [-0.4, -0.2) is 21.7 Å². The molecule has 3 rings (SSSR count). The maximum absolute atomic E-state index is 12.7. The number of aryl methyl sites for hydroxylation is 1. The fourth-order valence-corrected chi connectivity index (χ4v) is 2.86. The molecule has 0 fully saturated rings. The van der Waals surface area contributed by atoms with Crippen molar-refractivity contribution in [3.8, 4) is 0 Å². The van der Waals surface area contributed by atoms with Crippen LogP contribution in [0.5, 0.6) is 0 Å². The molecule has 0 bridgehead atoms. The van der Waals surface area contributed by atoms with Gasteiger partial charge in [-0.15, -0.1) is 0 Å². The molecule has 6 heteroatoms. The van der Waals surface area contributed by atoms with Gasteiger partial charge >= 0.3 is 0 Å². The van der Waals surface area contributed by atoms with Crippen LogP contribution in [0.4, 0.5) is 17.2 Å². The first-order valence-electron chi connectivity index (χ1n) is 9.47. The van der Waals surface area contributed by atoms with Gasteiger partial charge in [0.2, 0.25) is 0 Å². The van der Waals surface area contributed by atoms with E-state index >= 15 is 0 Å². The number of benzene rings is 2. The Morgan fingerprint density at radius 2 is 1.66 bits per heavy atom. The lowest BCUT2D eigenvalue weighted by Crippen LogP contribution is -2.15. The van der Waals surface area contributed by atoms with Gasteiger partial charge in [-0.3, -0.25) is 9.59 Å². The van der Waals surface area contributed by atoms with Crippen LogP contribution in [0, 0.1) is 6.92 Å². The first kappa shape index (κ1) is 20.2. The summed E-state index contributed by atoms with van der Waals surface area (Å²) in [4.78, 5) is 32.8. The third kappa shape index (κ3) is 5.25. The summed E-state index contributed by atoms with van der Waals surface area (Å²) in [6.45, 7) is 7.51. The number of hydrogen-bond acceptors (Lipinski definition) is 5. The van der Waals surface area contributed by atoms with E-state index in [0.717, 1.165) is 5.69 Å². The lowest BCUT2D eigenvalue weighted by molar-refractivity contribution is 0.100. The van der Waals surface area contributed by atoms with Crippen molar-refractivity contribution in [3.63, 3.8) is 0 Å². The summed E-state index contributed by atoms with van der Waals surface area (Å²) in [5.41, 5.74) is 3.45. The minimum absolute atomic E-state index is 0.0612. The third-order valence-corrected chi connectivity index (χ3v) is 4.45. The molecule has 0 radical (unpaired) electrons. The number of nitrogens with one attached hydrogen (secondary N) is 2. The number of amides is 1. The second-order valence-electron chi connectivity index (χ2n) is 7.18. The zero-order chi connectivity index (χ0) is 21.0. The van der Waals surface area contributed by atoms with E-state index in [9.17, 15) is 9.59 Å². The van der Waals surface area contributed by atoms with Gasteiger partial charge in [0.15, 0.2) is 5.78 Å². The Labute approximate surface area is 170 Å². The summed E-state index contributed by atoms with van der Waals surface area (Å²) in [5.74, 6) is 1.05. The van der Waals surface area contributed by atoms with Gasteiger partial charge in [-0.05, 0) is 49.6 Å². The highest BCUT2D eigenvalue weighted by Crippen LogP contribution is 2.20. The minimum Gasteiger partial charge on any atom is -0.340 e. The zero-order valence-corrected chi connectivity index (χ0v) is 17.0. The molecule has 29 heavy (non-hydrogen) atoms. The molecule has 0 atom stereocenters. The normalized spacial score (nSPS) is 10.7. The number of hydrogen-bond donors (Lipinski definition) is 2. The van der Waals surface area contributed by atoms with E-state index in [2.05, 4.69) is 46.6 Å². The van der Waals surface area contributed by atoms with Crippen LogP contribution in [-0.2, 0) is 0 Å². The van der Waals surface area contributed by atoms with Crippen molar-refractivity contribution in [2.75, 3.05) is 10.6 Å². The Balaban J connectivity index is 1.78. The molecule has 148 valence electrons. The van der Waals surface area contributed by atoms with Gasteiger partial charge in [0, 0.05) is 23.0 Å². The predicted octanol–water partition coefficient (Wildman–Crippen LogP) is 5.11. The van der Waals surface area contributed by atoms with Crippen LogP contribution in [0.25, 0.3) is 0 Å². The highest BCUT2D eigenvalue weighted by molar-refractivity contribution is 6.04. The first-order chi connectivity index (χ1) is 13.8. The highest BCUT2D eigenvalue weighted by atomic mass is 16.2. The van der Waals surface area contributed by atoms with Gasteiger partial charge in [-0.1, -0.05) is 38.1 Å². The van der Waals surface area contributed by atoms with Gasteiger partial charge in [-0.2, -0.15) is 0 Å². The zero-order valence-electron chi connectivity index (χ0n) is 17.0. The number of nitrogens with zero attached hydrogens (tertiary/aromatic N) is 2. The first-order valence-corrected chi connectivity index (χ1v) is 9.47. The molecular weight excluding hydrogens is 364 g/mol. The molecule has 0 aliphatic heterocycles. The molecular formula is C23H24N4O2. The smallest absolute Gasteiger partial charge is 0.274 e. The van der Waals surface area contributed by atoms with Crippen molar-refractivity contribution < 1.29 is 9.59 Å². The molecule has 3 aromatic rings. The summed E-state index contributed by atoms with van der Waals surface area (Å²) in [7, 11) is 0. The van der Waals surface area contributed by atoms with Crippen LogP contribution in [0.15, 0.2) is 54.6 Å². The van der Waals surface area contributed by atoms with E-state index in [4.69, 9.17) is 0 Å². The number of Topliss-reactive ketones (excluding diaryl/α,β-unsaturated/α-hetero) is 1. The maximum atomic E-state index is 12.7. The van der Waals surface area contributed by atoms with Gasteiger partial charge < -0.3 is 10.6 Å². The minimum atomic E-state index is -0.366. The molecule has 0 saturated carbocycles. The average molecular weight is 388 g/mol. The molecule has 0 aliphatic rings. The van der Waals surface area contributed by atoms with Gasteiger partial charge in [0.05, 0.1) is 0 Å². The molecule has 0 aliphatic carbocycles. The van der Waals surface area contributed by atoms with E-state index in [-0.39, 0.29) is 17.4 Å². The monoisotopic (exact) mass is 388 g/mol. The van der Waals surface area contributed by atoms with E-state index in [1.165, 1.54) is 12.5 Å². The number of aromatic nitrogens is 2. The number of ketones is 1. The van der Waals surface area contributed by atoms with Gasteiger partial charge in [0.25, 0.3) is 5.91 Å². The van der Waals surface area contributed by atoms with Crippen molar-refractivity contribution in [2.45, 2.75) is 33.6 Å². The summed E-state index contributed by atoms with van der Waals surface area (Å²) in [5, 5.41) is 6.00. The molecule has 1 aromatic heterocycles.